The topological polar surface area (TPSA) is 30.5 Å². The lowest BCUT2D eigenvalue weighted by atomic mass is 10.1. The van der Waals surface area contributed by atoms with E-state index in [1.165, 1.54) is 12.1 Å². The third-order valence-corrected chi connectivity index (χ3v) is 3.63. The number of anilines is 1. The molecule has 0 aromatic heterocycles. The first-order valence-corrected chi connectivity index (χ1v) is 8.20. The smallest absolute Gasteiger partial charge is 0.127 e. The van der Waals surface area contributed by atoms with Crippen molar-refractivity contribution in [1.82, 2.24) is 0 Å². The van der Waals surface area contributed by atoms with E-state index < -0.39 is 0 Å². The maximum atomic E-state index is 13.1. The molecule has 5 heteroatoms. The fourth-order valence-electron chi connectivity index (χ4n) is 2.06. The Morgan fingerprint density at radius 3 is 2.46 bits per heavy atom. The number of thiocarbonyl (C=S) groups is 1. The Morgan fingerprint density at radius 1 is 1.21 bits per heavy atom. The first-order chi connectivity index (χ1) is 11.6. The Balaban J connectivity index is 0.000000648. The third-order valence-electron chi connectivity index (χ3n) is 3.30. The van der Waals surface area contributed by atoms with E-state index in [2.05, 4.69) is 17.5 Å². The van der Waals surface area contributed by atoms with Crippen molar-refractivity contribution >= 4 is 23.3 Å². The van der Waals surface area contributed by atoms with Gasteiger partial charge in [0.25, 0.3) is 0 Å². The van der Waals surface area contributed by atoms with Crippen LogP contribution < -0.4 is 14.8 Å². The average molecular weight is 349 g/mol. The van der Waals surface area contributed by atoms with Crippen molar-refractivity contribution in [2.24, 2.45) is 0 Å². The van der Waals surface area contributed by atoms with Crippen molar-refractivity contribution in [2.45, 2.75) is 26.9 Å². The molecule has 0 aliphatic carbocycles. The van der Waals surface area contributed by atoms with Crippen molar-refractivity contribution in [3.8, 4) is 11.5 Å². The van der Waals surface area contributed by atoms with Crippen LogP contribution in [0.3, 0.4) is 0 Å². The molecule has 0 atom stereocenters. The summed E-state index contributed by atoms with van der Waals surface area (Å²) in [6, 6.07) is 10.2. The molecule has 0 unspecified atom stereocenters. The van der Waals surface area contributed by atoms with Crippen LogP contribution >= 0.6 is 12.2 Å². The Kier molecular flexibility index (Phi) is 8.79. The molecule has 0 spiro atoms. The molecule has 0 radical (unpaired) electrons. The van der Waals surface area contributed by atoms with Crippen molar-refractivity contribution in [3.63, 3.8) is 0 Å². The molecule has 130 valence electrons. The highest BCUT2D eigenvalue weighted by Crippen LogP contribution is 2.28. The zero-order chi connectivity index (χ0) is 17.9. The minimum Gasteiger partial charge on any atom is -0.496 e. The molecular formula is C19H24FNO2S. The molecule has 0 saturated heterocycles. The second-order valence-electron chi connectivity index (χ2n) is 5.01. The van der Waals surface area contributed by atoms with Crippen LogP contribution in [0.4, 0.5) is 10.1 Å². The van der Waals surface area contributed by atoms with Gasteiger partial charge in [-0.25, -0.2) is 4.39 Å². The highest BCUT2D eigenvalue weighted by molar-refractivity contribution is 7.78. The Morgan fingerprint density at radius 2 is 1.92 bits per heavy atom. The van der Waals surface area contributed by atoms with Gasteiger partial charge in [0.1, 0.15) is 23.9 Å². The van der Waals surface area contributed by atoms with Crippen molar-refractivity contribution < 1.29 is 13.9 Å². The maximum Gasteiger partial charge on any atom is 0.127 e. The number of nitrogens with one attached hydrogen (secondary N) is 1. The molecule has 0 aliphatic rings. The van der Waals surface area contributed by atoms with Crippen molar-refractivity contribution in [1.29, 1.82) is 0 Å². The lowest BCUT2D eigenvalue weighted by molar-refractivity contribution is 0.295. The fourth-order valence-corrected chi connectivity index (χ4v) is 2.06. The number of hydrogen-bond donors (Lipinski definition) is 1. The molecule has 0 aliphatic heterocycles. The van der Waals surface area contributed by atoms with Gasteiger partial charge in [-0.3, -0.25) is 0 Å². The lowest BCUT2D eigenvalue weighted by Gasteiger charge is -2.15. The summed E-state index contributed by atoms with van der Waals surface area (Å²) >= 11 is 4.43. The van der Waals surface area contributed by atoms with Gasteiger partial charge in [0.15, 0.2) is 0 Å². The molecule has 2 aromatic carbocycles. The van der Waals surface area contributed by atoms with Crippen molar-refractivity contribution in [3.05, 3.63) is 53.3 Å². The molecule has 0 heterocycles. The summed E-state index contributed by atoms with van der Waals surface area (Å²) in [5.74, 6) is 1.17. The summed E-state index contributed by atoms with van der Waals surface area (Å²) in [6.45, 7) is 4.19. The lowest BCUT2D eigenvalue weighted by Crippen LogP contribution is -2.04. The maximum absolute atomic E-state index is 13.1. The predicted molar refractivity (Wildman–Crippen MR) is 102 cm³/mol. The van der Waals surface area contributed by atoms with Crippen LogP contribution in [0.2, 0.25) is 0 Å². The fraction of sp³-hybridized carbons (Fsp3) is 0.316. The van der Waals surface area contributed by atoms with Gasteiger partial charge in [0.2, 0.25) is 0 Å². The van der Waals surface area contributed by atoms with E-state index >= 15 is 0 Å². The van der Waals surface area contributed by atoms with Crippen LogP contribution in [0, 0.1) is 12.7 Å². The second-order valence-corrected chi connectivity index (χ2v) is 5.34. The third kappa shape index (κ3) is 5.81. The Bertz CT molecular complexity index is 640. The minimum atomic E-state index is -0.261. The van der Waals surface area contributed by atoms with E-state index in [9.17, 15) is 4.39 Å². The van der Waals surface area contributed by atoms with Crippen LogP contribution in [-0.2, 0) is 6.61 Å². The number of aryl methyl sites for hydroxylation is 1. The SMILES string of the molecule is CCC=S.CNc1cccc(OC)c1COc1ccc(F)cc1C. The highest BCUT2D eigenvalue weighted by atomic mass is 32.1. The van der Waals surface area contributed by atoms with Gasteiger partial charge in [-0.1, -0.05) is 25.2 Å². The molecule has 24 heavy (non-hydrogen) atoms. The molecule has 2 rings (SSSR count). The number of benzene rings is 2. The van der Waals surface area contributed by atoms with Crippen LogP contribution in [0.1, 0.15) is 24.5 Å². The number of hydrogen-bond acceptors (Lipinski definition) is 4. The normalized spacial score (nSPS) is 9.54. The molecule has 0 amide bonds. The molecule has 2 aromatic rings. The molecule has 0 bridgehead atoms. The van der Waals surface area contributed by atoms with E-state index in [0.717, 1.165) is 29.0 Å². The summed E-state index contributed by atoms with van der Waals surface area (Å²) in [7, 11) is 3.48. The summed E-state index contributed by atoms with van der Waals surface area (Å²) in [5, 5.41) is 4.82. The van der Waals surface area contributed by atoms with Crippen LogP contribution in [0.25, 0.3) is 0 Å². The van der Waals surface area contributed by atoms with Crippen LogP contribution in [-0.4, -0.2) is 19.5 Å². The number of ether oxygens (including phenoxy) is 2. The van der Waals surface area contributed by atoms with Gasteiger partial charge >= 0.3 is 0 Å². The number of rotatable bonds is 6. The molecule has 3 nitrogen and oxygen atoms in total. The summed E-state index contributed by atoms with van der Waals surface area (Å²) in [6.07, 6.45) is 1.01. The zero-order valence-corrected chi connectivity index (χ0v) is 15.4. The highest BCUT2D eigenvalue weighted by Gasteiger charge is 2.10. The largest absolute Gasteiger partial charge is 0.496 e. The van der Waals surface area contributed by atoms with Gasteiger partial charge < -0.3 is 14.8 Å². The molecule has 1 N–H and O–H groups in total. The second kappa shape index (κ2) is 10.6. The first kappa shape index (κ1) is 19.9. The predicted octanol–water partition coefficient (Wildman–Crippen LogP) is 5.16. The summed E-state index contributed by atoms with van der Waals surface area (Å²) < 4.78 is 24.2. The monoisotopic (exact) mass is 349 g/mol. The number of halogens is 1. The quantitative estimate of drug-likeness (QED) is 0.730. The first-order valence-electron chi connectivity index (χ1n) is 7.73. The number of methoxy groups -OCH3 is 1. The molecular weight excluding hydrogens is 325 g/mol. The van der Waals surface area contributed by atoms with E-state index in [1.54, 1.807) is 18.5 Å². The van der Waals surface area contributed by atoms with E-state index in [-0.39, 0.29) is 5.82 Å². The van der Waals surface area contributed by atoms with Crippen LogP contribution in [0.5, 0.6) is 11.5 Å². The van der Waals surface area contributed by atoms with E-state index in [1.807, 2.05) is 39.1 Å². The Hall–Kier alpha value is -2.14. The van der Waals surface area contributed by atoms with E-state index in [4.69, 9.17) is 9.47 Å². The van der Waals surface area contributed by atoms with Gasteiger partial charge in [-0.15, -0.1) is 0 Å². The molecule has 0 saturated carbocycles. The average Bonchev–Trinajstić information content (AvgIpc) is 2.60. The van der Waals surface area contributed by atoms with Crippen molar-refractivity contribution in [2.75, 3.05) is 19.5 Å². The van der Waals surface area contributed by atoms with Crippen LogP contribution in [0.15, 0.2) is 36.4 Å². The minimum absolute atomic E-state index is 0.261. The van der Waals surface area contributed by atoms with Gasteiger partial charge in [-0.2, -0.15) is 0 Å². The van der Waals surface area contributed by atoms with Gasteiger partial charge in [0.05, 0.1) is 12.7 Å². The molecule has 0 fully saturated rings. The standard InChI is InChI=1S/C16H18FNO2.C3H6S/c1-11-9-12(17)7-8-15(11)20-10-13-14(18-2)5-4-6-16(13)19-3;1-2-3-4/h4-9,18H,10H2,1-3H3;3H,2H2,1H3. The Labute approximate surface area is 148 Å². The van der Waals surface area contributed by atoms with Gasteiger partial charge in [0, 0.05) is 12.7 Å². The summed E-state index contributed by atoms with van der Waals surface area (Å²) in [4.78, 5) is 0. The summed E-state index contributed by atoms with van der Waals surface area (Å²) in [5.41, 5.74) is 2.65. The van der Waals surface area contributed by atoms with Gasteiger partial charge in [-0.05, 0) is 54.6 Å². The zero-order valence-electron chi connectivity index (χ0n) is 14.6. The van der Waals surface area contributed by atoms with E-state index in [0.29, 0.717) is 12.4 Å².